The van der Waals surface area contributed by atoms with Crippen LogP contribution < -0.4 is 11.1 Å². The molecule has 0 aromatic heterocycles. The minimum atomic E-state index is -0.207. The fourth-order valence-electron chi connectivity index (χ4n) is 2.47. The quantitative estimate of drug-likeness (QED) is 0.697. The van der Waals surface area contributed by atoms with Gasteiger partial charge in [0, 0.05) is 6.04 Å². The van der Waals surface area contributed by atoms with Crippen molar-refractivity contribution >= 4 is 5.91 Å². The summed E-state index contributed by atoms with van der Waals surface area (Å²) in [4.78, 5) is 13.4. The van der Waals surface area contributed by atoms with E-state index < -0.39 is 0 Å². The SMILES string of the molecule is CCCCN(CC(N)=O)C1CCNCC1C. The molecule has 1 aliphatic rings. The van der Waals surface area contributed by atoms with Crippen LogP contribution in [0.25, 0.3) is 0 Å². The number of nitrogens with zero attached hydrogens (tertiary/aromatic N) is 1. The molecule has 1 saturated heterocycles. The van der Waals surface area contributed by atoms with Gasteiger partial charge in [0.05, 0.1) is 6.54 Å². The second-order valence-electron chi connectivity index (χ2n) is 4.83. The lowest BCUT2D eigenvalue weighted by atomic mass is 9.93. The highest BCUT2D eigenvalue weighted by Gasteiger charge is 2.27. The second-order valence-corrected chi connectivity index (χ2v) is 4.83. The Morgan fingerprint density at radius 2 is 2.31 bits per heavy atom. The fourth-order valence-corrected chi connectivity index (χ4v) is 2.47. The summed E-state index contributed by atoms with van der Waals surface area (Å²) >= 11 is 0. The average molecular weight is 227 g/mol. The monoisotopic (exact) mass is 227 g/mol. The largest absolute Gasteiger partial charge is 0.369 e. The number of amides is 1. The molecule has 0 aromatic rings. The van der Waals surface area contributed by atoms with E-state index in [-0.39, 0.29) is 5.91 Å². The van der Waals surface area contributed by atoms with E-state index in [0.717, 1.165) is 38.9 Å². The van der Waals surface area contributed by atoms with E-state index >= 15 is 0 Å². The molecule has 1 amide bonds. The topological polar surface area (TPSA) is 58.4 Å². The molecule has 2 unspecified atom stereocenters. The highest BCUT2D eigenvalue weighted by atomic mass is 16.1. The Morgan fingerprint density at radius 1 is 1.56 bits per heavy atom. The number of rotatable bonds is 6. The van der Waals surface area contributed by atoms with Gasteiger partial charge < -0.3 is 11.1 Å². The summed E-state index contributed by atoms with van der Waals surface area (Å²) in [6.07, 6.45) is 3.43. The molecule has 4 nitrogen and oxygen atoms in total. The number of primary amides is 1. The lowest BCUT2D eigenvalue weighted by Gasteiger charge is -2.38. The molecule has 1 aliphatic heterocycles. The van der Waals surface area contributed by atoms with Gasteiger partial charge in [0.2, 0.25) is 5.91 Å². The van der Waals surface area contributed by atoms with E-state index in [1.807, 2.05) is 0 Å². The van der Waals surface area contributed by atoms with Gasteiger partial charge in [-0.3, -0.25) is 9.69 Å². The van der Waals surface area contributed by atoms with Gasteiger partial charge in [-0.2, -0.15) is 0 Å². The van der Waals surface area contributed by atoms with Gasteiger partial charge in [-0.05, 0) is 38.4 Å². The number of piperidine rings is 1. The Hall–Kier alpha value is -0.610. The first-order chi connectivity index (χ1) is 7.65. The van der Waals surface area contributed by atoms with Gasteiger partial charge in [-0.15, -0.1) is 0 Å². The predicted octanol–water partition coefficient (Wildman–Crippen LogP) is 0.572. The van der Waals surface area contributed by atoms with Gasteiger partial charge >= 0.3 is 0 Å². The van der Waals surface area contributed by atoms with Gasteiger partial charge in [-0.1, -0.05) is 20.3 Å². The van der Waals surface area contributed by atoms with Crippen LogP contribution in [0.15, 0.2) is 0 Å². The molecule has 0 saturated carbocycles. The van der Waals surface area contributed by atoms with Crippen molar-refractivity contribution in [3.05, 3.63) is 0 Å². The molecule has 94 valence electrons. The van der Waals surface area contributed by atoms with Crippen molar-refractivity contribution in [2.24, 2.45) is 11.7 Å². The molecular weight excluding hydrogens is 202 g/mol. The number of unbranched alkanes of at least 4 members (excludes halogenated alkanes) is 1. The molecule has 0 radical (unpaired) electrons. The first kappa shape index (κ1) is 13.5. The number of carbonyl (C=O) groups is 1. The van der Waals surface area contributed by atoms with Crippen LogP contribution in [0.1, 0.15) is 33.1 Å². The average Bonchev–Trinajstić information content (AvgIpc) is 2.24. The van der Waals surface area contributed by atoms with Crippen molar-refractivity contribution in [1.29, 1.82) is 0 Å². The van der Waals surface area contributed by atoms with Gasteiger partial charge in [0.25, 0.3) is 0 Å². The normalized spacial score (nSPS) is 25.9. The van der Waals surface area contributed by atoms with Gasteiger partial charge in [0.1, 0.15) is 0 Å². The van der Waals surface area contributed by atoms with Crippen LogP contribution in [0.3, 0.4) is 0 Å². The summed E-state index contributed by atoms with van der Waals surface area (Å²) in [7, 11) is 0. The third-order valence-electron chi connectivity index (χ3n) is 3.37. The van der Waals surface area contributed by atoms with Crippen LogP contribution in [0, 0.1) is 5.92 Å². The van der Waals surface area contributed by atoms with E-state index in [0.29, 0.717) is 18.5 Å². The zero-order valence-electron chi connectivity index (χ0n) is 10.5. The van der Waals surface area contributed by atoms with Crippen molar-refractivity contribution in [2.75, 3.05) is 26.2 Å². The number of carbonyl (C=O) groups excluding carboxylic acids is 1. The maximum Gasteiger partial charge on any atom is 0.231 e. The van der Waals surface area contributed by atoms with Gasteiger partial charge in [-0.25, -0.2) is 0 Å². The number of nitrogens with two attached hydrogens (primary N) is 1. The summed E-state index contributed by atoms with van der Waals surface area (Å²) in [5.74, 6) is 0.395. The molecule has 0 aromatic carbocycles. The summed E-state index contributed by atoms with van der Waals surface area (Å²) in [5.41, 5.74) is 5.32. The van der Waals surface area contributed by atoms with Crippen molar-refractivity contribution in [3.8, 4) is 0 Å². The lowest BCUT2D eigenvalue weighted by Crippen LogP contribution is -2.51. The van der Waals surface area contributed by atoms with Crippen LogP contribution in [-0.2, 0) is 4.79 Å². The van der Waals surface area contributed by atoms with Crippen LogP contribution in [0.2, 0.25) is 0 Å². The van der Waals surface area contributed by atoms with Crippen molar-refractivity contribution in [3.63, 3.8) is 0 Å². The highest BCUT2D eigenvalue weighted by Crippen LogP contribution is 2.18. The lowest BCUT2D eigenvalue weighted by molar-refractivity contribution is -0.120. The van der Waals surface area contributed by atoms with Gasteiger partial charge in [0.15, 0.2) is 0 Å². The predicted molar refractivity (Wildman–Crippen MR) is 66.1 cm³/mol. The van der Waals surface area contributed by atoms with E-state index in [2.05, 4.69) is 24.1 Å². The molecule has 0 aliphatic carbocycles. The molecule has 4 heteroatoms. The number of hydrogen-bond acceptors (Lipinski definition) is 3. The molecular formula is C12H25N3O. The Morgan fingerprint density at radius 3 is 2.88 bits per heavy atom. The first-order valence-electron chi connectivity index (χ1n) is 6.38. The Labute approximate surface area is 98.6 Å². The fraction of sp³-hybridized carbons (Fsp3) is 0.917. The molecule has 2 atom stereocenters. The molecule has 1 heterocycles. The second kappa shape index (κ2) is 6.86. The summed E-state index contributed by atoms with van der Waals surface area (Å²) < 4.78 is 0. The van der Waals surface area contributed by atoms with E-state index in [4.69, 9.17) is 5.73 Å². The molecule has 3 N–H and O–H groups in total. The Kier molecular flexibility index (Phi) is 5.77. The third-order valence-corrected chi connectivity index (χ3v) is 3.37. The standard InChI is InChI=1S/C12H25N3O/c1-3-4-7-15(9-12(13)16)11-5-6-14-8-10(11)2/h10-11,14H,3-9H2,1-2H3,(H2,13,16). The number of hydrogen-bond donors (Lipinski definition) is 2. The van der Waals surface area contributed by atoms with Crippen LogP contribution in [0.4, 0.5) is 0 Å². The molecule has 1 fully saturated rings. The Balaban J connectivity index is 2.54. The minimum Gasteiger partial charge on any atom is -0.369 e. The molecule has 0 bridgehead atoms. The van der Waals surface area contributed by atoms with E-state index in [1.54, 1.807) is 0 Å². The smallest absolute Gasteiger partial charge is 0.231 e. The molecule has 1 rings (SSSR count). The van der Waals surface area contributed by atoms with E-state index in [9.17, 15) is 4.79 Å². The summed E-state index contributed by atoms with van der Waals surface area (Å²) in [6, 6.07) is 0.514. The van der Waals surface area contributed by atoms with E-state index in [1.165, 1.54) is 0 Å². The minimum absolute atomic E-state index is 0.207. The summed E-state index contributed by atoms with van der Waals surface area (Å²) in [6.45, 7) is 7.93. The molecule has 0 spiro atoms. The summed E-state index contributed by atoms with van der Waals surface area (Å²) in [5, 5.41) is 3.39. The van der Waals surface area contributed by atoms with Crippen LogP contribution in [0.5, 0.6) is 0 Å². The third kappa shape index (κ3) is 4.10. The van der Waals surface area contributed by atoms with Crippen molar-refractivity contribution in [2.45, 2.75) is 39.2 Å². The molecule has 16 heavy (non-hydrogen) atoms. The van der Waals surface area contributed by atoms with Crippen LogP contribution in [-0.4, -0.2) is 43.0 Å². The van der Waals surface area contributed by atoms with Crippen molar-refractivity contribution < 1.29 is 4.79 Å². The number of nitrogens with one attached hydrogen (secondary N) is 1. The first-order valence-corrected chi connectivity index (χ1v) is 6.38. The highest BCUT2D eigenvalue weighted by molar-refractivity contribution is 5.75. The van der Waals surface area contributed by atoms with Crippen LogP contribution >= 0.6 is 0 Å². The maximum atomic E-state index is 11.1. The zero-order chi connectivity index (χ0) is 12.0. The van der Waals surface area contributed by atoms with Crippen molar-refractivity contribution in [1.82, 2.24) is 10.2 Å². The maximum absolute atomic E-state index is 11.1. The Bertz CT molecular complexity index is 220. The zero-order valence-corrected chi connectivity index (χ0v) is 10.5.